The topological polar surface area (TPSA) is 49.4 Å². The maximum atomic E-state index is 14.4. The highest BCUT2D eigenvalue weighted by atomic mass is 35.5. The van der Waals surface area contributed by atoms with Crippen molar-refractivity contribution in [3.8, 4) is 0 Å². The van der Waals surface area contributed by atoms with Crippen molar-refractivity contribution in [2.75, 3.05) is 7.05 Å². The van der Waals surface area contributed by atoms with Crippen LogP contribution >= 0.6 is 11.6 Å². The average molecular weight is 457 g/mol. The summed E-state index contributed by atoms with van der Waals surface area (Å²) in [4.78, 5) is 27.5. The number of carbonyl (C=O) groups excluding carboxylic acids is 2. The molecule has 3 rings (SSSR count). The van der Waals surface area contributed by atoms with Crippen LogP contribution < -0.4 is 5.32 Å². The van der Waals surface area contributed by atoms with Gasteiger partial charge in [-0.15, -0.1) is 0 Å². The van der Waals surface area contributed by atoms with Gasteiger partial charge in [0, 0.05) is 36.2 Å². The molecule has 0 saturated carbocycles. The minimum atomic E-state index is -0.931. The van der Waals surface area contributed by atoms with Crippen LogP contribution in [0, 0.1) is 11.6 Å². The van der Waals surface area contributed by atoms with Crippen LogP contribution in [0.15, 0.2) is 72.8 Å². The molecule has 0 heterocycles. The summed E-state index contributed by atoms with van der Waals surface area (Å²) >= 11 is 6.11. The lowest BCUT2D eigenvalue weighted by Gasteiger charge is -2.31. The molecule has 4 nitrogen and oxygen atoms in total. The molecule has 0 saturated heterocycles. The number of likely N-dealkylation sites (N-methyl/N-ethyl adjacent to an activating group) is 1. The standard InChI is InChI=1S/C25H23ClF2N2O2/c1-29-25(32)23(14-17-8-3-2-4-9-17)30(16-18-10-5-6-12-21(18)27)24(31)15-19-20(26)11-7-13-22(19)28/h2-13,23H,14-16H2,1H3,(H,29,32)/t23-/m1/s1. The number of rotatable bonds is 8. The minimum absolute atomic E-state index is 0.0352. The molecular weight excluding hydrogens is 434 g/mol. The van der Waals surface area contributed by atoms with Gasteiger partial charge in [-0.05, 0) is 23.8 Å². The third-order valence-electron chi connectivity index (χ3n) is 5.21. The van der Waals surface area contributed by atoms with E-state index >= 15 is 0 Å². The van der Waals surface area contributed by atoms with Crippen molar-refractivity contribution in [1.82, 2.24) is 10.2 Å². The Morgan fingerprint density at radius 2 is 1.59 bits per heavy atom. The van der Waals surface area contributed by atoms with Crippen LogP contribution in [0.4, 0.5) is 8.78 Å². The van der Waals surface area contributed by atoms with Gasteiger partial charge in [-0.3, -0.25) is 9.59 Å². The van der Waals surface area contributed by atoms with Gasteiger partial charge in [0.25, 0.3) is 0 Å². The third-order valence-corrected chi connectivity index (χ3v) is 5.56. The second-order valence-electron chi connectivity index (χ2n) is 7.31. The van der Waals surface area contributed by atoms with Gasteiger partial charge < -0.3 is 10.2 Å². The van der Waals surface area contributed by atoms with E-state index in [9.17, 15) is 18.4 Å². The van der Waals surface area contributed by atoms with Gasteiger partial charge in [-0.1, -0.05) is 66.2 Å². The number of nitrogens with one attached hydrogen (secondary N) is 1. The van der Waals surface area contributed by atoms with E-state index in [4.69, 9.17) is 11.6 Å². The molecule has 0 spiro atoms. The van der Waals surface area contributed by atoms with Crippen molar-refractivity contribution in [3.05, 3.63) is 106 Å². The molecule has 0 aliphatic heterocycles. The quantitative estimate of drug-likeness (QED) is 0.540. The van der Waals surface area contributed by atoms with E-state index in [2.05, 4.69) is 5.32 Å². The van der Waals surface area contributed by atoms with E-state index < -0.39 is 29.5 Å². The van der Waals surface area contributed by atoms with Crippen molar-refractivity contribution in [1.29, 1.82) is 0 Å². The fraction of sp³-hybridized carbons (Fsp3) is 0.200. The maximum absolute atomic E-state index is 14.4. The van der Waals surface area contributed by atoms with Crippen LogP contribution in [0.5, 0.6) is 0 Å². The first-order chi connectivity index (χ1) is 15.4. The maximum Gasteiger partial charge on any atom is 0.242 e. The SMILES string of the molecule is CNC(=O)[C@@H](Cc1ccccc1)N(Cc1ccccc1F)C(=O)Cc1c(F)cccc1Cl. The normalized spacial score (nSPS) is 11.6. The molecule has 2 amide bonds. The summed E-state index contributed by atoms with van der Waals surface area (Å²) in [6.07, 6.45) is -0.145. The Balaban J connectivity index is 1.99. The van der Waals surface area contributed by atoms with Crippen LogP contribution in [0.1, 0.15) is 16.7 Å². The Morgan fingerprint density at radius 3 is 2.25 bits per heavy atom. The molecule has 0 aliphatic carbocycles. The molecule has 3 aromatic carbocycles. The third kappa shape index (κ3) is 5.71. The van der Waals surface area contributed by atoms with E-state index in [0.29, 0.717) is 0 Å². The zero-order valence-corrected chi connectivity index (χ0v) is 18.3. The highest BCUT2D eigenvalue weighted by Crippen LogP contribution is 2.23. The van der Waals surface area contributed by atoms with Crippen molar-refractivity contribution in [2.45, 2.75) is 25.4 Å². The molecule has 1 N–H and O–H groups in total. The molecule has 0 radical (unpaired) electrons. The predicted octanol–water partition coefficient (Wildman–Crippen LogP) is 4.55. The smallest absolute Gasteiger partial charge is 0.242 e. The molecular formula is C25H23ClF2N2O2. The highest BCUT2D eigenvalue weighted by Gasteiger charge is 2.31. The zero-order valence-electron chi connectivity index (χ0n) is 17.5. The van der Waals surface area contributed by atoms with Gasteiger partial charge in [-0.25, -0.2) is 8.78 Å². The first-order valence-corrected chi connectivity index (χ1v) is 10.5. The number of carbonyl (C=O) groups is 2. The van der Waals surface area contributed by atoms with Gasteiger partial charge in [0.15, 0.2) is 0 Å². The summed E-state index contributed by atoms with van der Waals surface area (Å²) in [6, 6.07) is 18.5. The lowest BCUT2D eigenvalue weighted by molar-refractivity contribution is -0.140. The zero-order chi connectivity index (χ0) is 23.1. The van der Waals surface area contributed by atoms with Crippen LogP contribution in [0.2, 0.25) is 5.02 Å². The van der Waals surface area contributed by atoms with Crippen molar-refractivity contribution < 1.29 is 18.4 Å². The van der Waals surface area contributed by atoms with Gasteiger partial charge in [0.2, 0.25) is 11.8 Å². The van der Waals surface area contributed by atoms with E-state index in [-0.39, 0.29) is 35.5 Å². The summed E-state index contributed by atoms with van der Waals surface area (Å²) in [5.41, 5.74) is 1.12. The molecule has 166 valence electrons. The second-order valence-corrected chi connectivity index (χ2v) is 7.72. The Bertz CT molecular complexity index is 1070. The Morgan fingerprint density at radius 1 is 0.938 bits per heavy atom. The first kappa shape index (κ1) is 23.4. The lowest BCUT2D eigenvalue weighted by Crippen LogP contribution is -2.50. The fourth-order valence-electron chi connectivity index (χ4n) is 3.48. The molecule has 0 aromatic heterocycles. The average Bonchev–Trinajstić information content (AvgIpc) is 2.80. The molecule has 3 aromatic rings. The van der Waals surface area contributed by atoms with Crippen molar-refractivity contribution in [2.24, 2.45) is 0 Å². The predicted molar refractivity (Wildman–Crippen MR) is 120 cm³/mol. The molecule has 0 fully saturated rings. The summed E-state index contributed by atoms with van der Waals surface area (Å²) < 4.78 is 28.8. The van der Waals surface area contributed by atoms with E-state index in [1.165, 1.54) is 36.2 Å². The summed E-state index contributed by atoms with van der Waals surface area (Å²) in [5.74, 6) is -2.05. The molecule has 32 heavy (non-hydrogen) atoms. The molecule has 0 aliphatic rings. The van der Waals surface area contributed by atoms with Crippen LogP contribution in [-0.2, 0) is 29.0 Å². The molecule has 0 unspecified atom stereocenters. The first-order valence-electron chi connectivity index (χ1n) is 10.1. The monoisotopic (exact) mass is 456 g/mol. The van der Waals surface area contributed by atoms with Gasteiger partial charge in [0.05, 0.1) is 6.42 Å². The lowest BCUT2D eigenvalue weighted by atomic mass is 10.0. The Labute approximate surface area is 190 Å². The van der Waals surface area contributed by atoms with Crippen LogP contribution in [0.25, 0.3) is 0 Å². The van der Waals surface area contributed by atoms with Gasteiger partial charge in [0.1, 0.15) is 17.7 Å². The highest BCUT2D eigenvalue weighted by molar-refractivity contribution is 6.31. The molecule has 7 heteroatoms. The number of hydrogen-bond acceptors (Lipinski definition) is 2. The van der Waals surface area contributed by atoms with Crippen molar-refractivity contribution in [3.63, 3.8) is 0 Å². The van der Waals surface area contributed by atoms with E-state index in [0.717, 1.165) is 5.56 Å². The number of amides is 2. The Kier molecular flexibility index (Phi) is 7.95. The number of halogens is 3. The Hall–Kier alpha value is -3.25. The number of nitrogens with zero attached hydrogens (tertiary/aromatic N) is 1. The number of benzene rings is 3. The van der Waals surface area contributed by atoms with Crippen LogP contribution in [-0.4, -0.2) is 29.8 Å². The summed E-state index contributed by atoms with van der Waals surface area (Å²) in [7, 11) is 1.47. The van der Waals surface area contributed by atoms with Gasteiger partial charge in [-0.2, -0.15) is 0 Å². The fourth-order valence-corrected chi connectivity index (χ4v) is 3.71. The van der Waals surface area contributed by atoms with Gasteiger partial charge >= 0.3 is 0 Å². The summed E-state index contributed by atoms with van der Waals surface area (Å²) in [5, 5.41) is 2.70. The van der Waals surface area contributed by atoms with Crippen molar-refractivity contribution >= 4 is 23.4 Å². The molecule has 0 bridgehead atoms. The largest absolute Gasteiger partial charge is 0.357 e. The molecule has 1 atom stereocenters. The van der Waals surface area contributed by atoms with E-state index in [1.807, 2.05) is 30.3 Å². The van der Waals surface area contributed by atoms with E-state index in [1.54, 1.807) is 18.2 Å². The number of hydrogen-bond donors (Lipinski definition) is 1. The minimum Gasteiger partial charge on any atom is -0.357 e. The summed E-state index contributed by atoms with van der Waals surface area (Å²) in [6.45, 7) is -0.150. The van der Waals surface area contributed by atoms with Crippen LogP contribution in [0.3, 0.4) is 0 Å². The second kappa shape index (κ2) is 10.9.